The highest BCUT2D eigenvalue weighted by molar-refractivity contribution is 6.01. The molecule has 1 aliphatic heterocycles. The van der Waals surface area contributed by atoms with Crippen molar-refractivity contribution in [2.45, 2.75) is 82.6 Å². The average molecular weight is 420 g/mol. The summed E-state index contributed by atoms with van der Waals surface area (Å²) in [6.45, 7) is 6.94. The Kier molecular flexibility index (Phi) is 3.81. The third-order valence-electron chi connectivity index (χ3n) is 8.95. The fourth-order valence-electron chi connectivity index (χ4n) is 7.68. The van der Waals surface area contributed by atoms with Crippen LogP contribution in [0.4, 0.5) is 4.39 Å². The lowest BCUT2D eigenvalue weighted by Crippen LogP contribution is -2.69. The second-order valence-corrected chi connectivity index (χ2v) is 10.6. The van der Waals surface area contributed by atoms with Gasteiger partial charge in [-0.2, -0.15) is 0 Å². The number of carbonyl (C=O) groups excluding carboxylic acids is 1. The summed E-state index contributed by atoms with van der Waals surface area (Å²) in [5, 5.41) is 21.6. The molecule has 0 bridgehead atoms. The molecule has 2 N–H and O–H groups in total. The van der Waals surface area contributed by atoms with Crippen LogP contribution in [0.1, 0.15) is 53.4 Å². The van der Waals surface area contributed by atoms with Crippen molar-refractivity contribution in [2.75, 3.05) is 0 Å². The molecule has 0 aromatic heterocycles. The van der Waals surface area contributed by atoms with E-state index in [1.54, 1.807) is 26.8 Å². The highest BCUT2D eigenvalue weighted by Gasteiger charge is 2.80. The molecule has 6 nitrogen and oxygen atoms in total. The molecule has 4 aliphatic carbocycles. The summed E-state index contributed by atoms with van der Waals surface area (Å²) in [6, 6.07) is 0. The van der Waals surface area contributed by atoms with E-state index in [0.717, 1.165) is 0 Å². The van der Waals surface area contributed by atoms with Gasteiger partial charge in [-0.3, -0.25) is 4.79 Å². The number of hydrogen-bond donors (Lipinski definition) is 2. The zero-order valence-electron chi connectivity index (χ0n) is 17.8. The molecule has 1 saturated heterocycles. The van der Waals surface area contributed by atoms with E-state index >= 15 is 4.39 Å². The molecule has 0 amide bonds. The third-order valence-corrected chi connectivity index (χ3v) is 8.95. The van der Waals surface area contributed by atoms with E-state index in [1.807, 2.05) is 6.92 Å². The van der Waals surface area contributed by atoms with E-state index in [2.05, 4.69) is 0 Å². The number of carboxylic acid groups (broad SMARTS) is 1. The smallest absolute Gasteiger partial charge is 0.339 e. The van der Waals surface area contributed by atoms with Crippen molar-refractivity contribution in [3.63, 3.8) is 0 Å². The summed E-state index contributed by atoms with van der Waals surface area (Å²) in [5.41, 5.74) is -5.00. The number of fused-ring (bicyclic) bond motifs is 7. The summed E-state index contributed by atoms with van der Waals surface area (Å²) in [4.78, 5) is 24.5. The van der Waals surface area contributed by atoms with Crippen LogP contribution in [0, 0.1) is 22.7 Å². The number of carboxylic acids is 1. The first kappa shape index (κ1) is 20.3. The van der Waals surface area contributed by atoms with Gasteiger partial charge in [0.25, 0.3) is 0 Å². The Morgan fingerprint density at radius 2 is 1.93 bits per heavy atom. The minimum Gasteiger partial charge on any atom is -0.479 e. The van der Waals surface area contributed by atoms with Crippen molar-refractivity contribution >= 4 is 11.8 Å². The Balaban J connectivity index is 1.64. The molecule has 5 rings (SSSR count). The van der Waals surface area contributed by atoms with Gasteiger partial charge in [-0.1, -0.05) is 18.6 Å². The summed E-state index contributed by atoms with van der Waals surface area (Å²) in [6.07, 6.45) is 3.69. The molecule has 8 atom stereocenters. The lowest BCUT2D eigenvalue weighted by Gasteiger charge is -2.62. The predicted molar refractivity (Wildman–Crippen MR) is 104 cm³/mol. The predicted octanol–water partition coefficient (Wildman–Crippen LogP) is 2.94. The molecule has 164 valence electrons. The number of rotatable bonds is 1. The van der Waals surface area contributed by atoms with Crippen molar-refractivity contribution in [3.8, 4) is 0 Å². The molecule has 4 fully saturated rings. The van der Waals surface area contributed by atoms with Crippen molar-refractivity contribution in [1.82, 2.24) is 0 Å². The van der Waals surface area contributed by atoms with Crippen molar-refractivity contribution < 1.29 is 33.7 Å². The zero-order chi connectivity index (χ0) is 21.9. The Labute approximate surface area is 175 Å². The SMILES string of the molecule is CC1(C)O[C@@H]2C[C@H]3[C@@H]4CCC5=CC(=O)C=C[C@]5(C)[C@@]4(F)[C@@H](O)C[C@]3(C)[C@]2(C(=O)O)O1. The van der Waals surface area contributed by atoms with E-state index in [0.29, 0.717) is 24.8 Å². The first-order valence-corrected chi connectivity index (χ1v) is 10.7. The van der Waals surface area contributed by atoms with E-state index in [9.17, 15) is 19.8 Å². The molecular formula is C23H29FO6. The number of aliphatic hydroxyl groups excluding tert-OH is 1. The van der Waals surface area contributed by atoms with E-state index in [1.165, 1.54) is 12.2 Å². The highest BCUT2D eigenvalue weighted by atomic mass is 19.1. The second-order valence-electron chi connectivity index (χ2n) is 10.6. The minimum atomic E-state index is -1.99. The summed E-state index contributed by atoms with van der Waals surface area (Å²) in [5.74, 6) is -3.24. The monoisotopic (exact) mass is 420 g/mol. The van der Waals surface area contributed by atoms with Crippen molar-refractivity contribution in [3.05, 3.63) is 23.8 Å². The van der Waals surface area contributed by atoms with E-state index in [4.69, 9.17) is 9.47 Å². The summed E-state index contributed by atoms with van der Waals surface area (Å²) < 4.78 is 29.1. The lowest BCUT2D eigenvalue weighted by atomic mass is 9.45. The number of allylic oxidation sites excluding steroid dienone is 4. The second kappa shape index (κ2) is 5.61. The fourth-order valence-corrected chi connectivity index (χ4v) is 7.68. The van der Waals surface area contributed by atoms with Gasteiger partial charge in [0, 0.05) is 16.7 Å². The maximum atomic E-state index is 17.0. The maximum absolute atomic E-state index is 17.0. The number of ether oxygens (including phenoxy) is 2. The van der Waals surface area contributed by atoms with Gasteiger partial charge in [-0.25, -0.2) is 9.18 Å². The first-order chi connectivity index (χ1) is 13.8. The number of halogens is 1. The normalized spacial score (nSPS) is 53.4. The average Bonchev–Trinajstić information content (AvgIpc) is 3.04. The molecule has 0 aromatic carbocycles. The van der Waals surface area contributed by atoms with Crippen LogP contribution < -0.4 is 0 Å². The number of hydrogen-bond acceptors (Lipinski definition) is 5. The van der Waals surface area contributed by atoms with Gasteiger partial charge in [0.2, 0.25) is 0 Å². The van der Waals surface area contributed by atoms with Crippen LogP contribution in [-0.2, 0) is 19.1 Å². The standard InChI is InChI=1S/C23H29FO6/c1-19(2)29-17-10-15-14-6-5-12-9-13(25)7-8-20(12,3)22(14,24)16(26)11-21(15,4)23(17,30-19)18(27)28/h7-9,14-17,26H,5-6,10-11H2,1-4H3,(H,27,28)/t14-,15-,16-,17+,20-,21-,22-,23-/m0/s1. The van der Waals surface area contributed by atoms with Crippen LogP contribution in [-0.4, -0.2) is 51.2 Å². The number of carbonyl (C=O) groups is 2. The Hall–Kier alpha value is -1.57. The Morgan fingerprint density at radius 1 is 1.23 bits per heavy atom. The van der Waals surface area contributed by atoms with Crippen molar-refractivity contribution in [1.29, 1.82) is 0 Å². The van der Waals surface area contributed by atoms with Crippen LogP contribution in [0.15, 0.2) is 23.8 Å². The van der Waals surface area contributed by atoms with Crippen LogP contribution >= 0.6 is 0 Å². The van der Waals surface area contributed by atoms with E-state index < -0.39 is 52.0 Å². The molecule has 7 heteroatoms. The third kappa shape index (κ3) is 2.04. The summed E-state index contributed by atoms with van der Waals surface area (Å²) in [7, 11) is 0. The first-order valence-electron chi connectivity index (χ1n) is 10.7. The Bertz CT molecular complexity index is 909. The van der Waals surface area contributed by atoms with Gasteiger partial charge >= 0.3 is 5.97 Å². The van der Waals surface area contributed by atoms with Gasteiger partial charge in [-0.15, -0.1) is 0 Å². The van der Waals surface area contributed by atoms with Crippen molar-refractivity contribution in [2.24, 2.45) is 22.7 Å². The number of ketones is 1. The Morgan fingerprint density at radius 3 is 2.60 bits per heavy atom. The van der Waals surface area contributed by atoms with Crippen LogP contribution in [0.2, 0.25) is 0 Å². The largest absolute Gasteiger partial charge is 0.479 e. The minimum absolute atomic E-state index is 0.0441. The molecule has 0 radical (unpaired) electrons. The summed E-state index contributed by atoms with van der Waals surface area (Å²) >= 11 is 0. The number of alkyl halides is 1. The number of aliphatic hydroxyl groups is 1. The topological polar surface area (TPSA) is 93.1 Å². The number of aliphatic carboxylic acids is 1. The molecule has 30 heavy (non-hydrogen) atoms. The molecule has 0 aromatic rings. The molecule has 0 unspecified atom stereocenters. The van der Waals surface area contributed by atoms with Crippen LogP contribution in [0.5, 0.6) is 0 Å². The highest BCUT2D eigenvalue weighted by Crippen LogP contribution is 2.72. The van der Waals surface area contributed by atoms with Gasteiger partial charge in [-0.05, 0) is 64.5 Å². The van der Waals surface area contributed by atoms with E-state index in [-0.39, 0.29) is 18.1 Å². The molecule has 0 spiro atoms. The molecule has 3 saturated carbocycles. The molecular weight excluding hydrogens is 391 g/mol. The zero-order valence-corrected chi connectivity index (χ0v) is 17.8. The van der Waals surface area contributed by atoms with Gasteiger partial charge in [0.05, 0.1) is 6.10 Å². The van der Waals surface area contributed by atoms with Crippen LogP contribution in [0.3, 0.4) is 0 Å². The van der Waals surface area contributed by atoms with Gasteiger partial charge in [0.15, 0.2) is 22.8 Å². The van der Waals surface area contributed by atoms with Crippen LogP contribution in [0.25, 0.3) is 0 Å². The fraction of sp³-hybridized carbons (Fsp3) is 0.739. The van der Waals surface area contributed by atoms with Gasteiger partial charge < -0.3 is 19.7 Å². The lowest BCUT2D eigenvalue weighted by molar-refractivity contribution is -0.251. The van der Waals surface area contributed by atoms with Gasteiger partial charge in [0.1, 0.15) is 6.10 Å². The molecule has 5 aliphatic rings. The maximum Gasteiger partial charge on any atom is 0.339 e. The quantitative estimate of drug-likeness (QED) is 0.678. The molecule has 1 heterocycles.